The van der Waals surface area contributed by atoms with Crippen molar-refractivity contribution in [3.8, 4) is 0 Å². The van der Waals surface area contributed by atoms with E-state index in [0.29, 0.717) is 18.4 Å². The molecule has 0 aromatic heterocycles. The maximum absolute atomic E-state index is 11.9. The number of hydrogen-bond donors (Lipinski definition) is 1. The molecule has 0 aliphatic carbocycles. The predicted octanol–water partition coefficient (Wildman–Crippen LogP) is 1.79. The molecule has 0 unspecified atom stereocenters. The van der Waals surface area contributed by atoms with Gasteiger partial charge in [0.25, 0.3) is 0 Å². The Labute approximate surface area is 115 Å². The summed E-state index contributed by atoms with van der Waals surface area (Å²) in [6.07, 6.45) is 3.31. The molecule has 1 saturated heterocycles. The molecule has 5 nitrogen and oxygen atoms in total. The maximum atomic E-state index is 11.9. The summed E-state index contributed by atoms with van der Waals surface area (Å²) in [4.78, 5) is 25.0. The van der Waals surface area contributed by atoms with E-state index < -0.39 is 6.09 Å². The molecule has 1 atom stereocenters. The van der Waals surface area contributed by atoms with Crippen LogP contribution in [0, 0.1) is 11.8 Å². The van der Waals surface area contributed by atoms with Crippen molar-refractivity contribution >= 4 is 12.0 Å². The average Bonchev–Trinajstić information content (AvgIpc) is 2.82. The summed E-state index contributed by atoms with van der Waals surface area (Å²) in [7, 11) is 0. The van der Waals surface area contributed by atoms with Gasteiger partial charge >= 0.3 is 6.09 Å². The SMILES string of the molecule is C=CC[C@H]1CCN(C(=O)CNC(=O)OCC(C)C)C1. The van der Waals surface area contributed by atoms with Crippen molar-refractivity contribution in [1.82, 2.24) is 10.2 Å². The first kappa shape index (κ1) is 15.5. The van der Waals surface area contributed by atoms with E-state index in [1.807, 2.05) is 19.9 Å². The van der Waals surface area contributed by atoms with Crippen molar-refractivity contribution in [2.45, 2.75) is 26.7 Å². The maximum Gasteiger partial charge on any atom is 0.407 e. The molecule has 1 N–H and O–H groups in total. The Morgan fingerprint density at radius 1 is 1.53 bits per heavy atom. The number of allylic oxidation sites excluding steroid dienone is 1. The van der Waals surface area contributed by atoms with Gasteiger partial charge in [0.2, 0.25) is 5.91 Å². The number of nitrogens with zero attached hydrogens (tertiary/aromatic N) is 1. The second kappa shape index (κ2) is 7.81. The van der Waals surface area contributed by atoms with Gasteiger partial charge in [-0.1, -0.05) is 19.9 Å². The summed E-state index contributed by atoms with van der Waals surface area (Å²) in [5.41, 5.74) is 0. The average molecular weight is 268 g/mol. The number of rotatable bonds is 6. The Hall–Kier alpha value is -1.52. The minimum atomic E-state index is -0.524. The summed E-state index contributed by atoms with van der Waals surface area (Å²) < 4.78 is 4.94. The highest BCUT2D eigenvalue weighted by atomic mass is 16.5. The van der Waals surface area contributed by atoms with Crippen LogP contribution in [-0.2, 0) is 9.53 Å². The first-order valence-electron chi connectivity index (χ1n) is 6.82. The molecule has 5 heteroatoms. The Bertz CT molecular complexity index is 329. The van der Waals surface area contributed by atoms with Crippen LogP contribution < -0.4 is 5.32 Å². The summed E-state index contributed by atoms with van der Waals surface area (Å²) >= 11 is 0. The first-order valence-corrected chi connectivity index (χ1v) is 6.82. The zero-order chi connectivity index (χ0) is 14.3. The largest absolute Gasteiger partial charge is 0.449 e. The van der Waals surface area contributed by atoms with Crippen LogP contribution >= 0.6 is 0 Å². The van der Waals surface area contributed by atoms with E-state index in [1.54, 1.807) is 4.90 Å². The Kier molecular flexibility index (Phi) is 6.39. The topological polar surface area (TPSA) is 58.6 Å². The van der Waals surface area contributed by atoms with E-state index in [1.165, 1.54) is 0 Å². The van der Waals surface area contributed by atoms with Gasteiger partial charge in [0.1, 0.15) is 6.54 Å². The molecule has 1 fully saturated rings. The molecule has 0 spiro atoms. The van der Waals surface area contributed by atoms with Gasteiger partial charge in [-0.25, -0.2) is 4.79 Å². The lowest BCUT2D eigenvalue weighted by Crippen LogP contribution is -2.39. The van der Waals surface area contributed by atoms with Gasteiger partial charge in [0.15, 0.2) is 0 Å². The second-order valence-corrected chi connectivity index (χ2v) is 5.36. The van der Waals surface area contributed by atoms with E-state index in [-0.39, 0.29) is 12.5 Å². The van der Waals surface area contributed by atoms with Crippen LogP contribution in [0.25, 0.3) is 0 Å². The fourth-order valence-corrected chi connectivity index (χ4v) is 2.04. The number of alkyl carbamates (subject to hydrolysis) is 1. The minimum Gasteiger partial charge on any atom is -0.449 e. The van der Waals surface area contributed by atoms with Crippen LogP contribution in [0.15, 0.2) is 12.7 Å². The van der Waals surface area contributed by atoms with Gasteiger partial charge in [-0.3, -0.25) is 4.79 Å². The van der Waals surface area contributed by atoms with Crippen molar-refractivity contribution in [2.24, 2.45) is 11.8 Å². The Balaban J connectivity index is 2.21. The number of nitrogens with one attached hydrogen (secondary N) is 1. The summed E-state index contributed by atoms with van der Waals surface area (Å²) in [5, 5.41) is 2.49. The van der Waals surface area contributed by atoms with E-state index in [4.69, 9.17) is 4.74 Å². The lowest BCUT2D eigenvalue weighted by atomic mass is 10.1. The van der Waals surface area contributed by atoms with E-state index in [2.05, 4.69) is 11.9 Å². The van der Waals surface area contributed by atoms with Gasteiger partial charge in [0, 0.05) is 13.1 Å². The number of carbonyl (C=O) groups is 2. The second-order valence-electron chi connectivity index (χ2n) is 5.36. The highest BCUT2D eigenvalue weighted by molar-refractivity contribution is 5.82. The highest BCUT2D eigenvalue weighted by Gasteiger charge is 2.25. The molecule has 19 heavy (non-hydrogen) atoms. The third-order valence-electron chi connectivity index (χ3n) is 3.07. The third-order valence-corrected chi connectivity index (χ3v) is 3.07. The molecule has 0 radical (unpaired) electrons. The number of likely N-dealkylation sites (tertiary alicyclic amines) is 1. The number of ether oxygens (including phenoxy) is 1. The molecular weight excluding hydrogens is 244 g/mol. The normalized spacial score (nSPS) is 18.5. The molecule has 108 valence electrons. The number of hydrogen-bond acceptors (Lipinski definition) is 3. The molecule has 1 heterocycles. The Morgan fingerprint density at radius 2 is 2.26 bits per heavy atom. The molecule has 1 aliphatic rings. The lowest BCUT2D eigenvalue weighted by Gasteiger charge is -2.16. The molecular formula is C14H24N2O3. The standard InChI is InChI=1S/C14H24N2O3/c1-4-5-12-6-7-16(9-12)13(17)8-15-14(18)19-10-11(2)3/h4,11-12H,1,5-10H2,2-3H3,(H,15,18)/t12-/m0/s1. The summed E-state index contributed by atoms with van der Waals surface area (Å²) in [5.74, 6) is 0.752. The molecule has 1 aliphatic heterocycles. The Morgan fingerprint density at radius 3 is 2.89 bits per heavy atom. The van der Waals surface area contributed by atoms with Gasteiger partial charge in [0.05, 0.1) is 6.61 Å². The van der Waals surface area contributed by atoms with Crippen LogP contribution in [-0.4, -0.2) is 43.1 Å². The van der Waals surface area contributed by atoms with E-state index >= 15 is 0 Å². The first-order chi connectivity index (χ1) is 9.02. The van der Waals surface area contributed by atoms with Crippen LogP contribution in [0.1, 0.15) is 26.7 Å². The van der Waals surface area contributed by atoms with Crippen molar-refractivity contribution in [3.05, 3.63) is 12.7 Å². The molecule has 0 aromatic carbocycles. The lowest BCUT2D eigenvalue weighted by molar-refractivity contribution is -0.129. The number of carbonyl (C=O) groups excluding carboxylic acids is 2. The van der Waals surface area contributed by atoms with Crippen LogP contribution in [0.5, 0.6) is 0 Å². The van der Waals surface area contributed by atoms with Gasteiger partial charge in [-0.05, 0) is 24.7 Å². The van der Waals surface area contributed by atoms with Crippen molar-refractivity contribution in [3.63, 3.8) is 0 Å². The van der Waals surface area contributed by atoms with Gasteiger partial charge in [-0.15, -0.1) is 6.58 Å². The zero-order valence-electron chi connectivity index (χ0n) is 11.9. The highest BCUT2D eigenvalue weighted by Crippen LogP contribution is 2.19. The van der Waals surface area contributed by atoms with Gasteiger partial charge in [-0.2, -0.15) is 0 Å². The smallest absolute Gasteiger partial charge is 0.407 e. The fourth-order valence-electron chi connectivity index (χ4n) is 2.04. The molecule has 1 rings (SSSR count). The summed E-state index contributed by atoms with van der Waals surface area (Å²) in [6.45, 7) is 9.53. The summed E-state index contributed by atoms with van der Waals surface area (Å²) in [6, 6.07) is 0. The quantitative estimate of drug-likeness (QED) is 0.747. The molecule has 0 saturated carbocycles. The molecule has 2 amide bonds. The fraction of sp³-hybridized carbons (Fsp3) is 0.714. The van der Waals surface area contributed by atoms with Crippen LogP contribution in [0.3, 0.4) is 0 Å². The predicted molar refractivity (Wildman–Crippen MR) is 73.7 cm³/mol. The monoisotopic (exact) mass is 268 g/mol. The van der Waals surface area contributed by atoms with Crippen molar-refractivity contribution in [2.75, 3.05) is 26.2 Å². The van der Waals surface area contributed by atoms with Crippen molar-refractivity contribution in [1.29, 1.82) is 0 Å². The van der Waals surface area contributed by atoms with E-state index in [0.717, 1.165) is 25.9 Å². The minimum absolute atomic E-state index is 0.0116. The van der Waals surface area contributed by atoms with Gasteiger partial charge < -0.3 is 15.0 Å². The van der Waals surface area contributed by atoms with Crippen LogP contribution in [0.4, 0.5) is 4.79 Å². The van der Waals surface area contributed by atoms with Crippen LogP contribution in [0.2, 0.25) is 0 Å². The molecule has 0 bridgehead atoms. The van der Waals surface area contributed by atoms with E-state index in [9.17, 15) is 9.59 Å². The molecule has 0 aromatic rings. The van der Waals surface area contributed by atoms with Crippen molar-refractivity contribution < 1.29 is 14.3 Å². The zero-order valence-corrected chi connectivity index (χ0v) is 11.9. The third kappa shape index (κ3) is 5.77. The number of amides is 2.